The second-order valence-corrected chi connectivity index (χ2v) is 5.48. The largest absolute Gasteiger partial charge is 0.396 e. The number of rotatable bonds is 7. The number of nitrogens with zero attached hydrogens (tertiary/aromatic N) is 3. The molecule has 0 fully saturated rings. The molecule has 0 amide bonds. The third kappa shape index (κ3) is 4.10. The van der Waals surface area contributed by atoms with Gasteiger partial charge in [-0.05, 0) is 19.8 Å². The summed E-state index contributed by atoms with van der Waals surface area (Å²) in [6.07, 6.45) is 2.65. The van der Waals surface area contributed by atoms with E-state index in [1.54, 1.807) is 4.68 Å². The van der Waals surface area contributed by atoms with Crippen molar-refractivity contribution in [3.8, 4) is 11.3 Å². The van der Waals surface area contributed by atoms with Gasteiger partial charge >= 0.3 is 0 Å². The van der Waals surface area contributed by atoms with E-state index in [0.29, 0.717) is 19.4 Å². The second-order valence-electron chi connectivity index (χ2n) is 5.48. The van der Waals surface area contributed by atoms with E-state index in [-0.39, 0.29) is 13.2 Å². The van der Waals surface area contributed by atoms with E-state index >= 15 is 0 Å². The lowest BCUT2D eigenvalue weighted by atomic mass is 9.93. The molecule has 0 saturated carbocycles. The van der Waals surface area contributed by atoms with Gasteiger partial charge in [0.15, 0.2) is 0 Å². The van der Waals surface area contributed by atoms with E-state index in [4.69, 9.17) is 15.9 Å². The van der Waals surface area contributed by atoms with E-state index in [0.717, 1.165) is 11.3 Å². The molecule has 0 atom stereocenters. The van der Waals surface area contributed by atoms with E-state index in [9.17, 15) is 0 Å². The molecule has 0 aliphatic carbocycles. The van der Waals surface area contributed by atoms with Crippen LogP contribution in [-0.4, -0.2) is 44.0 Å². The maximum absolute atomic E-state index is 9.11. The van der Waals surface area contributed by atoms with Crippen LogP contribution in [0.2, 0.25) is 0 Å². The maximum atomic E-state index is 9.11. The van der Waals surface area contributed by atoms with E-state index in [1.165, 1.54) is 5.56 Å². The van der Waals surface area contributed by atoms with Crippen molar-refractivity contribution in [2.45, 2.75) is 31.8 Å². The van der Waals surface area contributed by atoms with Crippen LogP contribution in [-0.2, 0) is 6.54 Å². The van der Waals surface area contributed by atoms with Gasteiger partial charge in [-0.1, -0.05) is 35.0 Å². The molecule has 2 rings (SSSR count). The molecule has 0 spiro atoms. The standard InChI is InChI=1S/C15H22N4O2/c1-12-2-4-13(5-3-12)14-10-19(18-17-14)11-15(16,6-8-20)7-9-21/h2-5,10,20-21H,6-9,11,16H2,1H3. The van der Waals surface area contributed by atoms with Crippen molar-refractivity contribution in [1.82, 2.24) is 15.0 Å². The molecule has 2 aromatic rings. The summed E-state index contributed by atoms with van der Waals surface area (Å²) < 4.78 is 1.67. The van der Waals surface area contributed by atoms with Crippen LogP contribution in [0.25, 0.3) is 11.3 Å². The van der Waals surface area contributed by atoms with Gasteiger partial charge in [0.25, 0.3) is 0 Å². The minimum Gasteiger partial charge on any atom is -0.396 e. The highest BCUT2D eigenvalue weighted by Gasteiger charge is 2.25. The Morgan fingerprint density at radius 1 is 1.14 bits per heavy atom. The molecule has 0 bridgehead atoms. The van der Waals surface area contributed by atoms with Crippen LogP contribution in [0, 0.1) is 6.92 Å². The zero-order valence-electron chi connectivity index (χ0n) is 12.2. The zero-order chi connectivity index (χ0) is 15.3. The third-order valence-corrected chi connectivity index (χ3v) is 3.58. The van der Waals surface area contributed by atoms with Gasteiger partial charge in [0.2, 0.25) is 0 Å². The molecule has 114 valence electrons. The fourth-order valence-corrected chi connectivity index (χ4v) is 2.28. The Morgan fingerprint density at radius 3 is 2.33 bits per heavy atom. The molecule has 0 aliphatic heterocycles. The van der Waals surface area contributed by atoms with E-state index in [1.807, 2.05) is 37.4 Å². The lowest BCUT2D eigenvalue weighted by Crippen LogP contribution is -2.45. The van der Waals surface area contributed by atoms with Crippen LogP contribution < -0.4 is 5.73 Å². The predicted octanol–water partition coefficient (Wildman–Crippen LogP) is 0.716. The van der Waals surface area contributed by atoms with Crippen molar-refractivity contribution in [2.75, 3.05) is 13.2 Å². The number of aliphatic hydroxyl groups is 2. The predicted molar refractivity (Wildman–Crippen MR) is 80.5 cm³/mol. The summed E-state index contributed by atoms with van der Waals surface area (Å²) in [7, 11) is 0. The Bertz CT molecular complexity index is 559. The van der Waals surface area contributed by atoms with Crippen LogP contribution in [0.15, 0.2) is 30.5 Å². The van der Waals surface area contributed by atoms with Crippen molar-refractivity contribution in [3.05, 3.63) is 36.0 Å². The molecule has 0 unspecified atom stereocenters. The fourth-order valence-electron chi connectivity index (χ4n) is 2.28. The molecule has 1 heterocycles. The summed E-state index contributed by atoms with van der Waals surface area (Å²) in [5, 5.41) is 26.5. The Hall–Kier alpha value is -1.76. The zero-order valence-corrected chi connectivity index (χ0v) is 12.2. The quantitative estimate of drug-likeness (QED) is 0.698. The normalized spacial score (nSPS) is 11.8. The van der Waals surface area contributed by atoms with Gasteiger partial charge in [0, 0.05) is 24.3 Å². The molecule has 6 heteroatoms. The van der Waals surface area contributed by atoms with E-state index < -0.39 is 5.54 Å². The van der Waals surface area contributed by atoms with Crippen LogP contribution in [0.1, 0.15) is 18.4 Å². The summed E-state index contributed by atoms with van der Waals surface area (Å²) in [5.41, 5.74) is 8.51. The summed E-state index contributed by atoms with van der Waals surface area (Å²) in [6.45, 7) is 2.41. The molecular weight excluding hydrogens is 268 g/mol. The van der Waals surface area contributed by atoms with Crippen LogP contribution in [0.4, 0.5) is 0 Å². The number of hydrogen-bond donors (Lipinski definition) is 3. The number of aryl methyl sites for hydroxylation is 1. The van der Waals surface area contributed by atoms with Crippen molar-refractivity contribution < 1.29 is 10.2 Å². The topological polar surface area (TPSA) is 97.2 Å². The Kier molecular flexibility index (Phi) is 5.06. The monoisotopic (exact) mass is 290 g/mol. The number of aromatic nitrogens is 3. The molecule has 21 heavy (non-hydrogen) atoms. The lowest BCUT2D eigenvalue weighted by molar-refractivity contribution is 0.175. The van der Waals surface area contributed by atoms with Crippen LogP contribution in [0.5, 0.6) is 0 Å². The minimum atomic E-state index is -0.679. The molecule has 0 aliphatic rings. The SMILES string of the molecule is Cc1ccc(-c2cn(CC(N)(CCO)CCO)nn2)cc1. The average Bonchev–Trinajstić information content (AvgIpc) is 2.88. The first kappa shape index (κ1) is 15.6. The van der Waals surface area contributed by atoms with Crippen molar-refractivity contribution in [3.63, 3.8) is 0 Å². The van der Waals surface area contributed by atoms with Gasteiger partial charge in [-0.25, -0.2) is 0 Å². The van der Waals surface area contributed by atoms with Crippen molar-refractivity contribution >= 4 is 0 Å². The van der Waals surface area contributed by atoms with Gasteiger partial charge in [-0.3, -0.25) is 4.68 Å². The fraction of sp³-hybridized carbons (Fsp3) is 0.467. The lowest BCUT2D eigenvalue weighted by Gasteiger charge is -2.27. The molecule has 6 nitrogen and oxygen atoms in total. The molecule has 1 aromatic heterocycles. The van der Waals surface area contributed by atoms with Gasteiger partial charge in [0.05, 0.1) is 12.7 Å². The highest BCUT2D eigenvalue weighted by Crippen LogP contribution is 2.19. The average molecular weight is 290 g/mol. The molecule has 0 radical (unpaired) electrons. The molecule has 4 N–H and O–H groups in total. The maximum Gasteiger partial charge on any atom is 0.113 e. The minimum absolute atomic E-state index is 0.0178. The van der Waals surface area contributed by atoms with Gasteiger partial charge in [0.1, 0.15) is 5.69 Å². The Morgan fingerprint density at radius 2 is 1.76 bits per heavy atom. The molecular formula is C15H22N4O2. The summed E-state index contributed by atoms with van der Waals surface area (Å²) >= 11 is 0. The summed E-state index contributed by atoms with van der Waals surface area (Å²) in [4.78, 5) is 0. The highest BCUT2D eigenvalue weighted by atomic mass is 16.3. The van der Waals surface area contributed by atoms with E-state index in [2.05, 4.69) is 10.3 Å². The van der Waals surface area contributed by atoms with Crippen LogP contribution >= 0.6 is 0 Å². The molecule has 0 saturated heterocycles. The molecule has 1 aromatic carbocycles. The Labute approximate surface area is 124 Å². The summed E-state index contributed by atoms with van der Waals surface area (Å²) in [5.74, 6) is 0. The highest BCUT2D eigenvalue weighted by molar-refractivity contribution is 5.57. The van der Waals surface area contributed by atoms with Gasteiger partial charge < -0.3 is 15.9 Å². The first-order valence-electron chi connectivity index (χ1n) is 7.04. The van der Waals surface area contributed by atoms with Crippen molar-refractivity contribution in [1.29, 1.82) is 0 Å². The Balaban J connectivity index is 2.13. The number of hydrogen-bond acceptors (Lipinski definition) is 5. The van der Waals surface area contributed by atoms with Crippen LogP contribution in [0.3, 0.4) is 0 Å². The van der Waals surface area contributed by atoms with Gasteiger partial charge in [-0.15, -0.1) is 5.10 Å². The first-order chi connectivity index (χ1) is 10.1. The second kappa shape index (κ2) is 6.80. The third-order valence-electron chi connectivity index (χ3n) is 3.58. The van der Waals surface area contributed by atoms with Gasteiger partial charge in [-0.2, -0.15) is 0 Å². The summed E-state index contributed by atoms with van der Waals surface area (Å²) in [6, 6.07) is 8.06. The number of nitrogens with two attached hydrogens (primary N) is 1. The number of benzene rings is 1. The number of aliphatic hydroxyl groups excluding tert-OH is 2. The van der Waals surface area contributed by atoms with Crippen molar-refractivity contribution in [2.24, 2.45) is 5.73 Å². The smallest absolute Gasteiger partial charge is 0.113 e. The first-order valence-corrected chi connectivity index (χ1v) is 7.04.